The Kier molecular flexibility index (Phi) is 12.4. The zero-order chi connectivity index (χ0) is 19.4. The molecule has 142 valence electrons. The first-order chi connectivity index (χ1) is 11.9. The van der Waals surface area contributed by atoms with Crippen molar-refractivity contribution in [2.24, 2.45) is 11.6 Å². The van der Waals surface area contributed by atoms with E-state index >= 15 is 0 Å². The first-order valence-corrected chi connectivity index (χ1v) is 11.2. The minimum absolute atomic E-state index is 0.101. The zero-order valence-corrected chi connectivity index (χ0v) is 17.8. The largest absolute Gasteiger partial charge is 0.444 e. The molecule has 5 N–H and O–H groups in total. The fraction of sp³-hybridized carbons (Fsp3) is 0.438. The van der Waals surface area contributed by atoms with Crippen LogP contribution in [0, 0.1) is 0 Å². The van der Waals surface area contributed by atoms with Gasteiger partial charge in [0.15, 0.2) is 0 Å². The molecule has 1 saturated heterocycles. The highest BCUT2D eigenvalue weighted by Gasteiger charge is 2.31. The van der Waals surface area contributed by atoms with Crippen molar-refractivity contribution in [1.82, 2.24) is 10.3 Å². The highest BCUT2D eigenvalue weighted by atomic mass is 127. The number of allylic oxidation sites excluding steroid dienone is 4. The van der Waals surface area contributed by atoms with Gasteiger partial charge in [-0.1, -0.05) is 32.1 Å². The number of carbonyl (C=O) groups is 1. The molecule has 6 nitrogen and oxygen atoms in total. The van der Waals surface area contributed by atoms with E-state index in [0.29, 0.717) is 12.1 Å². The molecule has 0 bridgehead atoms. The standard InChI is InChI=1S/C12H14FNO2.C2H6IN3S.C2H6/c1-8-3-4-10(5-6-11(8)13)14-7-9(2)16-12(14)15;3-7-2(1-4)6-5;1-2/h3-6,9-10H,7H2,1-2H3;1,6H,4-5H2;1-2H3/b;2-1+;/t9-,10?;;/m0../s1. The number of ether oxygens (including phenoxy) is 1. The van der Waals surface area contributed by atoms with Gasteiger partial charge in [-0.2, -0.15) is 0 Å². The number of hydrazine groups is 1. The Balaban J connectivity index is 0.000000544. The van der Waals surface area contributed by atoms with Crippen LogP contribution in [0.4, 0.5) is 9.18 Å². The summed E-state index contributed by atoms with van der Waals surface area (Å²) in [7, 11) is 1.44. The Morgan fingerprint density at radius 2 is 2.08 bits per heavy atom. The number of amides is 1. The highest BCUT2D eigenvalue weighted by Crippen LogP contribution is 2.20. The van der Waals surface area contributed by atoms with E-state index in [2.05, 4.69) is 26.6 Å². The number of nitrogens with zero attached hydrogens (tertiary/aromatic N) is 1. The van der Waals surface area contributed by atoms with Gasteiger partial charge in [0.25, 0.3) is 0 Å². The van der Waals surface area contributed by atoms with Gasteiger partial charge in [-0.25, -0.2) is 15.0 Å². The average molecular weight is 484 g/mol. The van der Waals surface area contributed by atoms with Crippen LogP contribution in [-0.2, 0) is 4.74 Å². The van der Waals surface area contributed by atoms with Gasteiger partial charge in [0.1, 0.15) is 17.0 Å². The molecular formula is C16H26FIN4O2S. The molecule has 1 heterocycles. The van der Waals surface area contributed by atoms with Crippen LogP contribution in [0.15, 0.2) is 46.9 Å². The second-order valence-electron chi connectivity index (χ2n) is 4.84. The lowest BCUT2D eigenvalue weighted by molar-refractivity contribution is 0.137. The average Bonchev–Trinajstić information content (AvgIpc) is 2.87. The second kappa shape index (κ2) is 13.1. The predicted octanol–water partition coefficient (Wildman–Crippen LogP) is 3.88. The van der Waals surface area contributed by atoms with Gasteiger partial charge in [-0.05, 0) is 34.4 Å². The molecule has 0 aromatic heterocycles. The molecule has 0 spiro atoms. The molecular weight excluding hydrogens is 458 g/mol. The monoisotopic (exact) mass is 484 g/mol. The van der Waals surface area contributed by atoms with Gasteiger partial charge in [-0.15, -0.1) is 0 Å². The smallest absolute Gasteiger partial charge is 0.410 e. The van der Waals surface area contributed by atoms with Crippen LogP contribution < -0.4 is 17.0 Å². The molecule has 25 heavy (non-hydrogen) atoms. The van der Waals surface area contributed by atoms with Gasteiger partial charge in [0, 0.05) is 27.4 Å². The Hall–Kier alpha value is -1.20. The summed E-state index contributed by atoms with van der Waals surface area (Å²) in [5, 5.41) is 0.764. The minimum Gasteiger partial charge on any atom is -0.444 e. The summed E-state index contributed by atoms with van der Waals surface area (Å²) in [5.41, 5.74) is 8.03. The van der Waals surface area contributed by atoms with Crippen molar-refractivity contribution >= 4 is 36.2 Å². The van der Waals surface area contributed by atoms with E-state index in [1.165, 1.54) is 21.2 Å². The van der Waals surface area contributed by atoms with Crippen LogP contribution in [-0.4, -0.2) is 29.7 Å². The predicted molar refractivity (Wildman–Crippen MR) is 111 cm³/mol. The maximum atomic E-state index is 13.3. The first kappa shape index (κ1) is 23.8. The number of rotatable bonds is 3. The minimum atomic E-state index is -0.341. The maximum absolute atomic E-state index is 13.3. The van der Waals surface area contributed by atoms with Crippen molar-refractivity contribution in [2.45, 2.75) is 39.8 Å². The molecule has 1 unspecified atom stereocenters. The van der Waals surface area contributed by atoms with E-state index in [1.54, 1.807) is 30.1 Å². The molecule has 0 aromatic rings. The molecule has 2 rings (SSSR count). The summed E-state index contributed by atoms with van der Waals surface area (Å²) >= 11 is 2.08. The molecule has 1 fully saturated rings. The third-order valence-corrected chi connectivity index (χ3v) is 4.93. The summed E-state index contributed by atoms with van der Waals surface area (Å²) < 4.78 is 18.3. The molecule has 1 aliphatic heterocycles. The lowest BCUT2D eigenvalue weighted by Gasteiger charge is -2.18. The molecule has 2 atom stereocenters. The van der Waals surface area contributed by atoms with E-state index in [1.807, 2.05) is 20.8 Å². The fourth-order valence-corrected chi connectivity index (χ4v) is 2.79. The summed E-state index contributed by atoms with van der Waals surface area (Å²) in [6.07, 6.45) is 7.53. The number of hydrogen-bond acceptors (Lipinski definition) is 6. The van der Waals surface area contributed by atoms with E-state index in [0.717, 1.165) is 5.03 Å². The highest BCUT2D eigenvalue weighted by molar-refractivity contribution is 14.2. The Bertz CT molecular complexity index is 524. The molecule has 0 aromatic carbocycles. The lowest BCUT2D eigenvalue weighted by Crippen LogP contribution is -2.33. The number of cyclic esters (lactones) is 1. The van der Waals surface area contributed by atoms with Gasteiger partial charge < -0.3 is 15.9 Å². The van der Waals surface area contributed by atoms with Crippen molar-refractivity contribution in [1.29, 1.82) is 0 Å². The molecule has 1 amide bonds. The van der Waals surface area contributed by atoms with E-state index in [9.17, 15) is 9.18 Å². The van der Waals surface area contributed by atoms with Gasteiger partial charge in [0.05, 0.1) is 12.6 Å². The van der Waals surface area contributed by atoms with Crippen LogP contribution >= 0.6 is 30.1 Å². The second-order valence-corrected chi connectivity index (χ2v) is 6.75. The lowest BCUT2D eigenvalue weighted by atomic mass is 10.2. The van der Waals surface area contributed by atoms with Crippen LogP contribution in [0.25, 0.3) is 0 Å². The fourth-order valence-electron chi connectivity index (χ4n) is 1.88. The van der Waals surface area contributed by atoms with E-state index in [4.69, 9.17) is 16.3 Å². The third kappa shape index (κ3) is 8.15. The van der Waals surface area contributed by atoms with Crippen LogP contribution in [0.3, 0.4) is 0 Å². The van der Waals surface area contributed by atoms with E-state index < -0.39 is 0 Å². The van der Waals surface area contributed by atoms with Crippen molar-refractivity contribution in [3.05, 3.63) is 46.9 Å². The normalized spacial score (nSPS) is 22.4. The molecule has 0 radical (unpaired) electrons. The number of halogens is 2. The van der Waals surface area contributed by atoms with Gasteiger partial charge in [-0.3, -0.25) is 4.90 Å². The molecule has 9 heteroatoms. The van der Waals surface area contributed by atoms with E-state index in [-0.39, 0.29) is 24.1 Å². The Morgan fingerprint density at radius 3 is 2.48 bits per heavy atom. The maximum Gasteiger partial charge on any atom is 0.410 e. The molecule has 2 aliphatic rings. The van der Waals surface area contributed by atoms with Crippen LogP contribution in [0.1, 0.15) is 27.7 Å². The van der Waals surface area contributed by atoms with Gasteiger partial charge in [0.2, 0.25) is 0 Å². The number of carbonyl (C=O) groups excluding carboxylic acids is 1. The van der Waals surface area contributed by atoms with Crippen molar-refractivity contribution < 1.29 is 13.9 Å². The topological polar surface area (TPSA) is 93.6 Å². The van der Waals surface area contributed by atoms with Gasteiger partial charge >= 0.3 is 6.09 Å². The number of nitrogens with one attached hydrogen (secondary N) is 1. The SMILES string of the molecule is CC.CC1=C(F)C=CC(N2C[C@H](C)OC2=O)C=C1.N/C=C(\NN)SI. The number of hydrogen-bond donors (Lipinski definition) is 3. The molecule has 1 aliphatic carbocycles. The van der Waals surface area contributed by atoms with Crippen LogP contribution in [0.2, 0.25) is 0 Å². The quantitative estimate of drug-likeness (QED) is 0.320. The summed E-state index contributed by atoms with van der Waals surface area (Å²) in [5.74, 6) is 4.71. The summed E-state index contributed by atoms with van der Waals surface area (Å²) in [4.78, 5) is 13.1. The summed E-state index contributed by atoms with van der Waals surface area (Å²) in [6.45, 7) is 8.08. The molecule has 0 saturated carbocycles. The van der Waals surface area contributed by atoms with Crippen molar-refractivity contribution in [3.8, 4) is 0 Å². The van der Waals surface area contributed by atoms with Crippen LogP contribution in [0.5, 0.6) is 0 Å². The van der Waals surface area contributed by atoms with Crippen molar-refractivity contribution in [2.75, 3.05) is 6.54 Å². The zero-order valence-electron chi connectivity index (χ0n) is 14.8. The first-order valence-electron chi connectivity index (χ1n) is 7.80. The Morgan fingerprint density at radius 1 is 1.48 bits per heavy atom. The Labute approximate surface area is 165 Å². The van der Waals surface area contributed by atoms with Crippen molar-refractivity contribution in [3.63, 3.8) is 0 Å². The summed E-state index contributed by atoms with van der Waals surface area (Å²) in [6, 6.07) is -0.222. The third-order valence-electron chi connectivity index (χ3n) is 3.09. The number of nitrogens with two attached hydrogens (primary N) is 2.